The molecule has 1 aliphatic rings. The van der Waals surface area contributed by atoms with E-state index in [1.807, 2.05) is 61.2 Å². The van der Waals surface area contributed by atoms with Crippen molar-refractivity contribution >= 4 is 23.3 Å². The van der Waals surface area contributed by atoms with Gasteiger partial charge in [0, 0.05) is 37.4 Å². The molecule has 34 heavy (non-hydrogen) atoms. The smallest absolute Gasteiger partial charge is 0.409 e. The Morgan fingerprint density at radius 3 is 2.18 bits per heavy atom. The second-order valence-corrected chi connectivity index (χ2v) is 8.74. The number of carboxylic acid groups (broad SMARTS) is 1. The molecule has 1 heterocycles. The van der Waals surface area contributed by atoms with Gasteiger partial charge >= 0.3 is 6.09 Å². The number of carbonyl (C=O) groups is 2. The fraction of sp³-hybridized carbons (Fsp3) is 0.429. The highest BCUT2D eigenvalue weighted by atomic mass is 16.4. The molecule has 0 radical (unpaired) electrons. The largest absolute Gasteiger partial charge is 0.465 e. The number of carbonyl (C=O) groups excluding carboxylic acids is 1. The number of benzene rings is 2. The highest BCUT2D eigenvalue weighted by molar-refractivity contribution is 5.95. The fourth-order valence-corrected chi connectivity index (χ4v) is 4.60. The molecule has 0 saturated carbocycles. The van der Waals surface area contributed by atoms with Gasteiger partial charge in [-0.15, -0.1) is 0 Å². The third-order valence-corrected chi connectivity index (χ3v) is 6.51. The van der Waals surface area contributed by atoms with Gasteiger partial charge in [-0.05, 0) is 80.6 Å². The van der Waals surface area contributed by atoms with Crippen LogP contribution in [0.1, 0.15) is 67.9 Å². The number of amides is 2. The van der Waals surface area contributed by atoms with Gasteiger partial charge in [-0.2, -0.15) is 0 Å². The van der Waals surface area contributed by atoms with Crippen LogP contribution in [0.3, 0.4) is 0 Å². The van der Waals surface area contributed by atoms with E-state index in [4.69, 9.17) is 5.11 Å². The summed E-state index contributed by atoms with van der Waals surface area (Å²) >= 11 is 0. The quantitative estimate of drug-likeness (QED) is 0.481. The lowest BCUT2D eigenvalue weighted by Gasteiger charge is -2.30. The molecule has 0 aliphatic carbocycles. The number of nitrogens with one attached hydrogen (secondary N) is 1. The third-order valence-electron chi connectivity index (χ3n) is 6.51. The summed E-state index contributed by atoms with van der Waals surface area (Å²) in [5.74, 6) is 0.0441. The van der Waals surface area contributed by atoms with Crippen LogP contribution in [0, 0.1) is 0 Å². The van der Waals surface area contributed by atoms with E-state index in [0.717, 1.165) is 49.2 Å². The molecule has 1 fully saturated rings. The van der Waals surface area contributed by atoms with Gasteiger partial charge in [0.05, 0.1) is 0 Å². The minimum atomic E-state index is -1.07. The number of piperidine rings is 1. The Balaban J connectivity index is 1.96. The van der Waals surface area contributed by atoms with E-state index in [2.05, 4.69) is 17.1 Å². The number of rotatable bonds is 9. The number of hydrogen-bond acceptors (Lipinski definition) is 3. The molecular weight excluding hydrogens is 426 g/mol. The van der Waals surface area contributed by atoms with Gasteiger partial charge in [0.2, 0.25) is 0 Å². The SMILES string of the molecule is CCCCN1CCC(=C(c2ccc(C(=O)N(CC)CC)cc2)c2cccc(NC(=O)O)c2)CC1. The van der Waals surface area contributed by atoms with Crippen LogP contribution in [0.15, 0.2) is 54.1 Å². The average molecular weight is 464 g/mol. The molecule has 182 valence electrons. The monoisotopic (exact) mass is 463 g/mol. The molecule has 6 heteroatoms. The van der Waals surface area contributed by atoms with E-state index in [0.29, 0.717) is 24.3 Å². The van der Waals surface area contributed by atoms with Crippen LogP contribution in [0.5, 0.6) is 0 Å². The Labute approximate surface area is 203 Å². The first-order valence-corrected chi connectivity index (χ1v) is 12.4. The topological polar surface area (TPSA) is 72.9 Å². The maximum absolute atomic E-state index is 12.8. The summed E-state index contributed by atoms with van der Waals surface area (Å²) in [5.41, 5.74) is 5.81. The first-order valence-electron chi connectivity index (χ1n) is 12.4. The summed E-state index contributed by atoms with van der Waals surface area (Å²) in [6.45, 7) is 10.8. The van der Waals surface area contributed by atoms with Gasteiger partial charge < -0.3 is 14.9 Å². The van der Waals surface area contributed by atoms with E-state index >= 15 is 0 Å². The molecule has 0 bridgehead atoms. The van der Waals surface area contributed by atoms with E-state index in [1.54, 1.807) is 6.07 Å². The Hall–Kier alpha value is -3.12. The van der Waals surface area contributed by atoms with Gasteiger partial charge in [0.15, 0.2) is 0 Å². The van der Waals surface area contributed by atoms with Crippen LogP contribution in [0.2, 0.25) is 0 Å². The van der Waals surface area contributed by atoms with Crippen LogP contribution < -0.4 is 5.32 Å². The van der Waals surface area contributed by atoms with Gasteiger partial charge in [-0.25, -0.2) is 4.79 Å². The Kier molecular flexibility index (Phi) is 9.28. The van der Waals surface area contributed by atoms with Crippen molar-refractivity contribution in [1.82, 2.24) is 9.80 Å². The molecular formula is C28H37N3O3. The normalized spacial score (nSPS) is 14.0. The van der Waals surface area contributed by atoms with E-state index in [-0.39, 0.29) is 5.91 Å². The van der Waals surface area contributed by atoms with Crippen molar-refractivity contribution < 1.29 is 14.7 Å². The first-order chi connectivity index (χ1) is 16.5. The predicted molar refractivity (Wildman–Crippen MR) is 138 cm³/mol. The van der Waals surface area contributed by atoms with E-state index in [9.17, 15) is 9.59 Å². The van der Waals surface area contributed by atoms with Gasteiger partial charge in [-0.3, -0.25) is 10.1 Å². The second kappa shape index (κ2) is 12.4. The lowest BCUT2D eigenvalue weighted by molar-refractivity contribution is 0.0773. The van der Waals surface area contributed by atoms with Crippen molar-refractivity contribution in [3.63, 3.8) is 0 Å². The van der Waals surface area contributed by atoms with Crippen LogP contribution in [0.4, 0.5) is 10.5 Å². The van der Waals surface area contributed by atoms with E-state index in [1.165, 1.54) is 18.4 Å². The van der Waals surface area contributed by atoms with Gasteiger partial charge in [-0.1, -0.05) is 43.2 Å². The maximum atomic E-state index is 12.8. The number of hydrogen-bond donors (Lipinski definition) is 2. The highest BCUT2D eigenvalue weighted by Crippen LogP contribution is 2.34. The molecule has 0 spiro atoms. The van der Waals surface area contributed by atoms with Gasteiger partial charge in [0.25, 0.3) is 5.91 Å². The van der Waals surface area contributed by atoms with Crippen LogP contribution >= 0.6 is 0 Å². The summed E-state index contributed by atoms with van der Waals surface area (Å²) in [5, 5.41) is 11.6. The van der Waals surface area contributed by atoms with Crippen molar-refractivity contribution in [1.29, 1.82) is 0 Å². The zero-order valence-electron chi connectivity index (χ0n) is 20.6. The molecule has 2 aromatic rings. The summed E-state index contributed by atoms with van der Waals surface area (Å²) in [6.07, 6.45) is 3.31. The van der Waals surface area contributed by atoms with Crippen molar-refractivity contribution in [2.24, 2.45) is 0 Å². The maximum Gasteiger partial charge on any atom is 0.409 e. The van der Waals surface area contributed by atoms with Crippen LogP contribution in [-0.4, -0.2) is 59.6 Å². The van der Waals surface area contributed by atoms with Crippen LogP contribution in [0.25, 0.3) is 5.57 Å². The molecule has 0 atom stereocenters. The first kappa shape index (κ1) is 25.5. The average Bonchev–Trinajstić information content (AvgIpc) is 2.85. The number of unbranched alkanes of at least 4 members (excludes halogenated alkanes) is 1. The molecule has 2 aromatic carbocycles. The molecule has 3 rings (SSSR count). The molecule has 1 aliphatic heterocycles. The van der Waals surface area contributed by atoms with Crippen molar-refractivity contribution in [3.05, 3.63) is 70.8 Å². The minimum absolute atomic E-state index is 0.0441. The number of likely N-dealkylation sites (tertiary alicyclic amines) is 1. The summed E-state index contributed by atoms with van der Waals surface area (Å²) < 4.78 is 0. The van der Waals surface area contributed by atoms with E-state index < -0.39 is 6.09 Å². The lowest BCUT2D eigenvalue weighted by Crippen LogP contribution is -2.32. The zero-order chi connectivity index (χ0) is 24.5. The zero-order valence-corrected chi connectivity index (χ0v) is 20.6. The van der Waals surface area contributed by atoms with Gasteiger partial charge in [0.1, 0.15) is 0 Å². The van der Waals surface area contributed by atoms with Crippen molar-refractivity contribution in [3.8, 4) is 0 Å². The number of nitrogens with zero attached hydrogens (tertiary/aromatic N) is 2. The molecule has 6 nitrogen and oxygen atoms in total. The third kappa shape index (κ3) is 6.48. The molecule has 0 unspecified atom stereocenters. The minimum Gasteiger partial charge on any atom is -0.465 e. The summed E-state index contributed by atoms with van der Waals surface area (Å²) in [4.78, 5) is 28.3. The van der Waals surface area contributed by atoms with Crippen LogP contribution in [-0.2, 0) is 0 Å². The van der Waals surface area contributed by atoms with Crippen molar-refractivity contribution in [2.45, 2.75) is 46.5 Å². The number of anilines is 1. The Bertz CT molecular complexity index is 1000. The molecule has 1 saturated heterocycles. The fourth-order valence-electron chi connectivity index (χ4n) is 4.60. The standard InChI is InChI=1S/C28H37N3O3/c1-4-7-17-30-18-15-22(16-19-30)26(24-9-8-10-25(20-24)29-28(33)34)21-11-13-23(14-12-21)27(32)31(5-2)6-3/h8-14,20,29H,4-7,15-19H2,1-3H3,(H,33,34). The Morgan fingerprint density at radius 1 is 0.941 bits per heavy atom. The summed E-state index contributed by atoms with van der Waals surface area (Å²) in [7, 11) is 0. The van der Waals surface area contributed by atoms with Crippen molar-refractivity contribution in [2.75, 3.05) is 38.0 Å². The second-order valence-electron chi connectivity index (χ2n) is 8.74. The highest BCUT2D eigenvalue weighted by Gasteiger charge is 2.20. The molecule has 2 N–H and O–H groups in total. The lowest BCUT2D eigenvalue weighted by atomic mass is 9.87. The predicted octanol–water partition coefficient (Wildman–Crippen LogP) is 5.96. The molecule has 0 aromatic heterocycles. The summed E-state index contributed by atoms with van der Waals surface area (Å²) in [6, 6.07) is 15.5. The molecule has 2 amide bonds. The Morgan fingerprint density at radius 2 is 1.59 bits per heavy atom.